The minimum Gasteiger partial charge on any atom is -0.474 e. The summed E-state index contributed by atoms with van der Waals surface area (Å²) >= 11 is 0. The van der Waals surface area contributed by atoms with E-state index in [9.17, 15) is 34.6 Å². The SMILES string of the molecule is CC(C)(C[C@@](C(=O)O)(N(F)c1ccccc1)[N+](=O)[O-])[N+](=O)[O-]. The molecule has 1 rings (SSSR count). The van der Waals surface area contributed by atoms with Gasteiger partial charge in [0, 0.05) is 18.8 Å². The molecule has 9 nitrogen and oxygen atoms in total. The van der Waals surface area contributed by atoms with Crippen LogP contribution in [0, 0.1) is 20.2 Å². The number of halogens is 1. The molecule has 22 heavy (non-hydrogen) atoms. The van der Waals surface area contributed by atoms with Crippen LogP contribution in [0.4, 0.5) is 10.2 Å². The van der Waals surface area contributed by atoms with Gasteiger partial charge in [-0.25, -0.2) is 4.79 Å². The van der Waals surface area contributed by atoms with Gasteiger partial charge in [0.25, 0.3) is 0 Å². The molecule has 0 aliphatic carbocycles. The lowest BCUT2D eigenvalue weighted by Gasteiger charge is -2.30. The van der Waals surface area contributed by atoms with E-state index in [1.54, 1.807) is 0 Å². The van der Waals surface area contributed by atoms with E-state index < -0.39 is 38.6 Å². The van der Waals surface area contributed by atoms with Crippen molar-refractivity contribution in [2.24, 2.45) is 0 Å². The molecule has 0 bridgehead atoms. The minimum absolute atomic E-state index is 0.388. The molecular weight excluding hydrogens is 301 g/mol. The number of carboxylic acids is 1. The number of aliphatic carboxylic acids is 1. The van der Waals surface area contributed by atoms with Crippen LogP contribution in [-0.2, 0) is 4.79 Å². The average molecular weight is 315 g/mol. The minimum atomic E-state index is -3.31. The largest absolute Gasteiger partial charge is 0.474 e. The fourth-order valence-electron chi connectivity index (χ4n) is 1.88. The number of nitrogens with zero attached hydrogens (tertiary/aromatic N) is 3. The van der Waals surface area contributed by atoms with Crippen LogP contribution in [0.1, 0.15) is 20.3 Å². The number of hydrogen-bond acceptors (Lipinski definition) is 6. The van der Waals surface area contributed by atoms with Crippen LogP contribution in [0.5, 0.6) is 0 Å². The summed E-state index contributed by atoms with van der Waals surface area (Å²) in [4.78, 5) is 31.4. The van der Waals surface area contributed by atoms with E-state index in [-0.39, 0.29) is 5.69 Å². The van der Waals surface area contributed by atoms with Crippen LogP contribution in [0.2, 0.25) is 0 Å². The first kappa shape index (κ1) is 17.3. The number of hydrogen-bond donors (Lipinski definition) is 1. The van der Waals surface area contributed by atoms with Crippen LogP contribution < -0.4 is 5.12 Å². The van der Waals surface area contributed by atoms with Gasteiger partial charge in [0.2, 0.25) is 5.54 Å². The van der Waals surface area contributed by atoms with E-state index in [2.05, 4.69) is 0 Å². The van der Waals surface area contributed by atoms with Crippen molar-refractivity contribution in [2.75, 3.05) is 5.12 Å². The van der Waals surface area contributed by atoms with Crippen LogP contribution in [0.15, 0.2) is 30.3 Å². The van der Waals surface area contributed by atoms with Gasteiger partial charge < -0.3 is 5.11 Å². The van der Waals surface area contributed by atoms with Gasteiger partial charge in [-0.2, -0.15) is 0 Å². The lowest BCUT2D eigenvalue weighted by atomic mass is 9.90. The summed E-state index contributed by atoms with van der Waals surface area (Å²) in [6, 6.07) is 6.47. The quantitative estimate of drug-likeness (QED) is 0.352. The molecule has 0 heterocycles. The molecule has 0 aliphatic rings. The molecular formula is C12H14FN3O6. The van der Waals surface area contributed by atoms with E-state index in [0.29, 0.717) is 0 Å². The van der Waals surface area contributed by atoms with Crippen molar-refractivity contribution < 1.29 is 24.2 Å². The van der Waals surface area contributed by atoms with Crippen molar-refractivity contribution >= 4 is 11.7 Å². The molecule has 10 heteroatoms. The van der Waals surface area contributed by atoms with Gasteiger partial charge in [-0.15, -0.1) is 5.12 Å². The zero-order chi connectivity index (χ0) is 17.1. The normalized spacial score (nSPS) is 14.0. The van der Waals surface area contributed by atoms with Crippen LogP contribution in [0.3, 0.4) is 0 Å². The molecule has 0 aliphatic heterocycles. The Bertz CT molecular complexity index is 578. The molecule has 0 fully saturated rings. The summed E-state index contributed by atoms with van der Waals surface area (Å²) in [5.41, 5.74) is -5.72. The monoisotopic (exact) mass is 315 g/mol. The fraction of sp³-hybridized carbons (Fsp3) is 0.417. The second-order valence-corrected chi connectivity index (χ2v) is 5.24. The first-order valence-corrected chi connectivity index (χ1v) is 6.09. The van der Waals surface area contributed by atoms with Gasteiger partial charge in [0.1, 0.15) is 6.42 Å². The van der Waals surface area contributed by atoms with Gasteiger partial charge in [-0.3, -0.25) is 20.2 Å². The number of anilines is 1. The van der Waals surface area contributed by atoms with Gasteiger partial charge in [-0.05, 0) is 12.1 Å². The molecule has 0 unspecified atom stereocenters. The first-order chi connectivity index (χ1) is 10.1. The average Bonchev–Trinajstić information content (AvgIpc) is 2.44. The van der Waals surface area contributed by atoms with Crippen molar-refractivity contribution in [3.63, 3.8) is 0 Å². The summed E-state index contributed by atoms with van der Waals surface area (Å²) in [6.45, 7) is 1.99. The topological polar surface area (TPSA) is 127 Å². The molecule has 0 radical (unpaired) electrons. The summed E-state index contributed by atoms with van der Waals surface area (Å²) in [5, 5.41) is 30.9. The molecule has 0 saturated heterocycles. The molecule has 0 aromatic heterocycles. The van der Waals surface area contributed by atoms with Crippen molar-refractivity contribution in [1.29, 1.82) is 0 Å². The summed E-state index contributed by atoms with van der Waals surface area (Å²) in [5.74, 6) is -2.13. The molecule has 120 valence electrons. The number of nitro groups is 2. The number of rotatable bonds is 7. The Kier molecular flexibility index (Phi) is 4.64. The highest BCUT2D eigenvalue weighted by atomic mass is 19.2. The van der Waals surface area contributed by atoms with Gasteiger partial charge in [0.15, 0.2) is 0 Å². The Morgan fingerprint density at radius 3 is 2.09 bits per heavy atom. The third kappa shape index (κ3) is 2.95. The first-order valence-electron chi connectivity index (χ1n) is 6.09. The molecule has 1 aromatic carbocycles. The van der Waals surface area contributed by atoms with Gasteiger partial charge in [0.05, 0.1) is 10.6 Å². The third-order valence-corrected chi connectivity index (χ3v) is 3.13. The second kappa shape index (κ2) is 5.92. The van der Waals surface area contributed by atoms with E-state index in [1.807, 2.05) is 0 Å². The Morgan fingerprint density at radius 2 is 1.73 bits per heavy atom. The molecule has 0 saturated carbocycles. The molecule has 1 aromatic rings. The van der Waals surface area contributed by atoms with Crippen molar-refractivity contribution in [1.82, 2.24) is 0 Å². The van der Waals surface area contributed by atoms with E-state index in [1.165, 1.54) is 18.2 Å². The van der Waals surface area contributed by atoms with Crippen LogP contribution >= 0.6 is 0 Å². The van der Waals surface area contributed by atoms with Crippen molar-refractivity contribution in [3.8, 4) is 0 Å². The van der Waals surface area contributed by atoms with Gasteiger partial charge in [-0.1, -0.05) is 22.7 Å². The number of benzene rings is 1. The van der Waals surface area contributed by atoms with Crippen molar-refractivity contribution in [2.45, 2.75) is 31.5 Å². The standard InChI is InChI=1S/C12H14FN3O6/c1-11(2,15(19)20)8-12(10(17)18,16(21)22)14(13)9-6-4-3-5-7-9/h3-7H,8H2,1-2H3,(H,17,18)/t12-/m1/s1. The Labute approximate surface area is 124 Å². The maximum absolute atomic E-state index is 14.5. The molecule has 1 N–H and O–H groups in total. The van der Waals surface area contributed by atoms with E-state index in [0.717, 1.165) is 26.0 Å². The summed E-state index contributed by atoms with van der Waals surface area (Å²) in [6.07, 6.45) is -1.17. The predicted octanol–water partition coefficient (Wildman–Crippen LogP) is 1.88. The number of para-hydroxylation sites is 1. The Balaban J connectivity index is 3.43. The number of carboxylic acid groups (broad SMARTS) is 1. The zero-order valence-electron chi connectivity index (χ0n) is 11.8. The highest BCUT2D eigenvalue weighted by Crippen LogP contribution is 2.34. The highest BCUT2D eigenvalue weighted by Gasteiger charge is 2.64. The highest BCUT2D eigenvalue weighted by molar-refractivity contribution is 5.80. The molecule has 1 atom stereocenters. The van der Waals surface area contributed by atoms with E-state index in [4.69, 9.17) is 0 Å². The van der Waals surface area contributed by atoms with Crippen LogP contribution in [-0.4, -0.2) is 32.1 Å². The molecule has 0 spiro atoms. The zero-order valence-corrected chi connectivity index (χ0v) is 11.8. The maximum Gasteiger partial charge on any atom is 0.424 e. The second-order valence-electron chi connectivity index (χ2n) is 5.24. The predicted molar refractivity (Wildman–Crippen MR) is 73.1 cm³/mol. The van der Waals surface area contributed by atoms with E-state index >= 15 is 0 Å². The fourth-order valence-corrected chi connectivity index (χ4v) is 1.88. The summed E-state index contributed by atoms with van der Waals surface area (Å²) < 4.78 is 14.5. The molecule has 0 amide bonds. The lowest BCUT2D eigenvalue weighted by molar-refractivity contribution is -0.603. The van der Waals surface area contributed by atoms with Crippen molar-refractivity contribution in [3.05, 3.63) is 50.6 Å². The smallest absolute Gasteiger partial charge is 0.424 e. The van der Waals surface area contributed by atoms with Gasteiger partial charge >= 0.3 is 11.6 Å². The lowest BCUT2D eigenvalue weighted by Crippen LogP contribution is -2.61. The number of carbonyl (C=O) groups is 1. The Hall–Kier alpha value is -2.78. The maximum atomic E-state index is 14.5. The Morgan fingerprint density at radius 1 is 1.23 bits per heavy atom. The van der Waals surface area contributed by atoms with Crippen LogP contribution in [0.25, 0.3) is 0 Å². The third-order valence-electron chi connectivity index (χ3n) is 3.13. The summed E-state index contributed by atoms with van der Waals surface area (Å²) in [7, 11) is 0.